The summed E-state index contributed by atoms with van der Waals surface area (Å²) >= 11 is 0. The van der Waals surface area contributed by atoms with E-state index < -0.39 is 0 Å². The first-order valence-electron chi connectivity index (χ1n) is 13.1. The molecule has 4 aromatic carbocycles. The van der Waals surface area contributed by atoms with Crippen molar-refractivity contribution in [2.24, 2.45) is 5.10 Å². The summed E-state index contributed by atoms with van der Waals surface area (Å²) in [5.41, 5.74) is 4.57. The van der Waals surface area contributed by atoms with Gasteiger partial charge in [0.2, 0.25) is 0 Å². The van der Waals surface area contributed by atoms with Gasteiger partial charge in [0.05, 0.1) is 50.5 Å². The number of para-hydroxylation sites is 1. The molecule has 196 valence electrons. The maximum atomic E-state index is 5.89. The summed E-state index contributed by atoms with van der Waals surface area (Å²) in [5.74, 6) is 0.827. The van der Waals surface area contributed by atoms with E-state index in [9.17, 15) is 0 Å². The van der Waals surface area contributed by atoms with Crippen molar-refractivity contribution in [3.63, 3.8) is 0 Å². The molecule has 1 aliphatic rings. The Labute approximate surface area is 224 Å². The Morgan fingerprint density at radius 2 is 1.39 bits per heavy atom. The molecule has 6 nitrogen and oxygen atoms in total. The molecule has 0 amide bonds. The number of benzene rings is 4. The normalized spacial score (nSPS) is 15.1. The molecule has 0 bridgehead atoms. The highest BCUT2D eigenvalue weighted by Gasteiger charge is 2.30. The van der Waals surface area contributed by atoms with E-state index in [-0.39, 0.29) is 6.04 Å². The largest absolute Gasteiger partial charge is 0.491 e. The molecule has 1 aliphatic heterocycles. The third kappa shape index (κ3) is 6.40. The van der Waals surface area contributed by atoms with Gasteiger partial charge in [0.25, 0.3) is 0 Å². The highest BCUT2D eigenvalue weighted by Crippen LogP contribution is 2.38. The van der Waals surface area contributed by atoms with E-state index in [1.54, 1.807) is 7.11 Å². The number of hydrogen-bond acceptors (Lipinski definition) is 6. The van der Waals surface area contributed by atoms with Crippen LogP contribution in [0.4, 0.5) is 5.69 Å². The molecule has 1 unspecified atom stereocenters. The Hall–Kier alpha value is -3.71. The van der Waals surface area contributed by atoms with Crippen LogP contribution in [0.1, 0.15) is 23.6 Å². The predicted molar refractivity (Wildman–Crippen MR) is 152 cm³/mol. The van der Waals surface area contributed by atoms with Gasteiger partial charge in [-0.3, -0.25) is 5.01 Å². The molecule has 5 rings (SSSR count). The molecule has 0 radical (unpaired) electrons. The fourth-order valence-corrected chi connectivity index (χ4v) is 4.70. The van der Waals surface area contributed by atoms with Crippen LogP contribution >= 0.6 is 0 Å². The number of nitrogens with zero attached hydrogens (tertiary/aromatic N) is 2. The van der Waals surface area contributed by atoms with Crippen LogP contribution in [0.25, 0.3) is 10.8 Å². The van der Waals surface area contributed by atoms with Crippen LogP contribution in [0, 0.1) is 0 Å². The van der Waals surface area contributed by atoms with Gasteiger partial charge in [-0.15, -0.1) is 0 Å². The first-order chi connectivity index (χ1) is 18.8. The van der Waals surface area contributed by atoms with E-state index in [0.717, 1.165) is 23.6 Å². The summed E-state index contributed by atoms with van der Waals surface area (Å²) in [6.07, 6.45) is 0.823. The quantitative estimate of drug-likeness (QED) is 0.199. The standard InChI is InChI=1S/C32H34N2O4/c1-35-18-19-36-20-21-37-22-23-38-28-16-14-26(15-17-28)32-24-31(33-34(32)27-10-3-2-4-11-27)30-13-7-9-25-8-5-6-12-29(25)30/h2-17,32H,18-24H2,1H3. The average molecular weight is 511 g/mol. The Morgan fingerprint density at radius 3 is 2.18 bits per heavy atom. The van der Waals surface area contributed by atoms with Gasteiger partial charge in [-0.1, -0.05) is 72.8 Å². The Kier molecular flexibility index (Phi) is 9.00. The van der Waals surface area contributed by atoms with E-state index in [0.29, 0.717) is 39.6 Å². The van der Waals surface area contributed by atoms with Gasteiger partial charge in [-0.05, 0) is 40.6 Å². The molecule has 0 aromatic heterocycles. The minimum absolute atomic E-state index is 0.0989. The zero-order chi connectivity index (χ0) is 26.0. The van der Waals surface area contributed by atoms with E-state index in [1.807, 2.05) is 18.2 Å². The second-order valence-electron chi connectivity index (χ2n) is 9.11. The van der Waals surface area contributed by atoms with Crippen molar-refractivity contribution in [1.29, 1.82) is 0 Å². The lowest BCUT2D eigenvalue weighted by Gasteiger charge is -2.24. The van der Waals surface area contributed by atoms with E-state index in [1.165, 1.54) is 21.9 Å². The van der Waals surface area contributed by atoms with Gasteiger partial charge in [0.15, 0.2) is 0 Å². The number of ether oxygens (including phenoxy) is 4. The first-order valence-corrected chi connectivity index (χ1v) is 13.1. The van der Waals surface area contributed by atoms with Crippen molar-refractivity contribution < 1.29 is 18.9 Å². The predicted octanol–water partition coefficient (Wildman–Crippen LogP) is 6.25. The lowest BCUT2D eigenvalue weighted by molar-refractivity contribution is 0.0180. The highest BCUT2D eigenvalue weighted by atomic mass is 16.6. The van der Waals surface area contributed by atoms with Crippen LogP contribution in [-0.4, -0.2) is 52.5 Å². The molecule has 0 saturated carbocycles. The van der Waals surface area contributed by atoms with E-state index in [2.05, 4.69) is 83.9 Å². The molecular formula is C32H34N2O4. The second-order valence-corrected chi connectivity index (χ2v) is 9.11. The van der Waals surface area contributed by atoms with Gasteiger partial charge in [0.1, 0.15) is 12.4 Å². The zero-order valence-corrected chi connectivity index (χ0v) is 21.8. The molecule has 0 fully saturated rings. The Bertz CT molecular complexity index is 1320. The number of rotatable bonds is 13. The average Bonchev–Trinajstić information content (AvgIpc) is 3.42. The van der Waals surface area contributed by atoms with Gasteiger partial charge in [0, 0.05) is 19.1 Å². The molecule has 0 N–H and O–H groups in total. The van der Waals surface area contributed by atoms with Gasteiger partial charge >= 0.3 is 0 Å². The van der Waals surface area contributed by atoms with Gasteiger partial charge in [-0.25, -0.2) is 0 Å². The molecule has 0 saturated heterocycles. The zero-order valence-electron chi connectivity index (χ0n) is 21.8. The molecule has 0 aliphatic carbocycles. The van der Waals surface area contributed by atoms with E-state index in [4.69, 9.17) is 24.0 Å². The summed E-state index contributed by atoms with van der Waals surface area (Å²) in [5, 5.41) is 9.75. The van der Waals surface area contributed by atoms with Crippen LogP contribution in [-0.2, 0) is 14.2 Å². The molecule has 1 heterocycles. The van der Waals surface area contributed by atoms with Crippen molar-refractivity contribution in [2.75, 3.05) is 51.8 Å². The third-order valence-corrected chi connectivity index (χ3v) is 6.60. The Morgan fingerprint density at radius 1 is 0.711 bits per heavy atom. The second kappa shape index (κ2) is 13.2. The van der Waals surface area contributed by atoms with Crippen molar-refractivity contribution in [1.82, 2.24) is 0 Å². The lowest BCUT2D eigenvalue weighted by Crippen LogP contribution is -2.18. The molecular weight excluding hydrogens is 476 g/mol. The lowest BCUT2D eigenvalue weighted by atomic mass is 9.95. The van der Waals surface area contributed by atoms with Crippen molar-refractivity contribution in [2.45, 2.75) is 12.5 Å². The smallest absolute Gasteiger partial charge is 0.119 e. The summed E-state index contributed by atoms with van der Waals surface area (Å²) in [6.45, 7) is 3.29. The summed E-state index contributed by atoms with van der Waals surface area (Å²) < 4.78 is 21.8. The van der Waals surface area contributed by atoms with Crippen LogP contribution < -0.4 is 9.75 Å². The summed E-state index contributed by atoms with van der Waals surface area (Å²) in [6, 6.07) is 33.8. The minimum Gasteiger partial charge on any atom is -0.491 e. The Balaban J connectivity index is 1.25. The van der Waals surface area contributed by atoms with Crippen molar-refractivity contribution >= 4 is 22.2 Å². The number of hydrogen-bond donors (Lipinski definition) is 0. The minimum atomic E-state index is 0.0989. The highest BCUT2D eigenvalue weighted by molar-refractivity contribution is 6.12. The summed E-state index contributed by atoms with van der Waals surface area (Å²) in [4.78, 5) is 0. The van der Waals surface area contributed by atoms with Crippen LogP contribution in [0.15, 0.2) is 102 Å². The van der Waals surface area contributed by atoms with E-state index >= 15 is 0 Å². The van der Waals surface area contributed by atoms with Crippen LogP contribution in [0.2, 0.25) is 0 Å². The number of anilines is 1. The van der Waals surface area contributed by atoms with Crippen LogP contribution in [0.5, 0.6) is 5.75 Å². The topological polar surface area (TPSA) is 52.5 Å². The van der Waals surface area contributed by atoms with Gasteiger partial charge in [-0.2, -0.15) is 5.10 Å². The number of fused-ring (bicyclic) bond motifs is 1. The maximum absolute atomic E-state index is 5.89. The summed E-state index contributed by atoms with van der Waals surface area (Å²) in [7, 11) is 1.66. The number of methoxy groups -OCH3 is 1. The third-order valence-electron chi connectivity index (χ3n) is 6.60. The molecule has 6 heteroatoms. The number of hydrazone groups is 1. The van der Waals surface area contributed by atoms with Gasteiger partial charge < -0.3 is 18.9 Å². The molecule has 4 aromatic rings. The van der Waals surface area contributed by atoms with Crippen LogP contribution in [0.3, 0.4) is 0 Å². The molecule has 1 atom stereocenters. The monoisotopic (exact) mass is 510 g/mol. The maximum Gasteiger partial charge on any atom is 0.119 e. The first kappa shape index (κ1) is 25.9. The van der Waals surface area contributed by atoms with Crippen molar-refractivity contribution in [3.8, 4) is 5.75 Å². The fraction of sp³-hybridized carbons (Fsp3) is 0.281. The molecule has 0 spiro atoms. The fourth-order valence-electron chi connectivity index (χ4n) is 4.70. The van der Waals surface area contributed by atoms with Crippen molar-refractivity contribution in [3.05, 3.63) is 108 Å². The molecule has 38 heavy (non-hydrogen) atoms. The SMILES string of the molecule is COCCOCCOCCOc1ccc(C2CC(c3cccc4ccccc34)=NN2c2ccccc2)cc1.